The first-order valence-corrected chi connectivity index (χ1v) is 6.52. The number of pyridine rings is 1. The Morgan fingerprint density at radius 3 is 2.67 bits per heavy atom. The molecule has 0 fully saturated rings. The molecule has 2 rings (SSSR count). The molecule has 1 heterocycles. The van der Waals surface area contributed by atoms with E-state index < -0.39 is 0 Å². The fourth-order valence-electron chi connectivity index (χ4n) is 1.93. The van der Waals surface area contributed by atoms with Crippen LogP contribution in [0.15, 0.2) is 18.2 Å². The molecule has 0 aliphatic rings. The lowest BCUT2D eigenvalue weighted by Crippen LogP contribution is -2.09. The Bertz CT molecular complexity index is 582. The number of fused-ring (bicyclic) bond motifs is 1. The van der Waals surface area contributed by atoms with Gasteiger partial charge in [-0.1, -0.05) is 37.0 Å². The van der Waals surface area contributed by atoms with Gasteiger partial charge in [0.25, 0.3) is 0 Å². The van der Waals surface area contributed by atoms with E-state index in [1.807, 2.05) is 12.1 Å². The molecule has 0 saturated carbocycles. The molecular weight excluding hydrogens is 269 g/mol. The monoisotopic (exact) mass is 283 g/mol. The van der Waals surface area contributed by atoms with Crippen LogP contribution in [0, 0.1) is 5.92 Å². The largest absolute Gasteiger partial charge is 0.323 e. The Kier molecular flexibility index (Phi) is 3.95. The van der Waals surface area contributed by atoms with Crippen molar-refractivity contribution in [1.29, 1.82) is 0 Å². The predicted molar refractivity (Wildman–Crippen MR) is 78.1 cm³/mol. The molecule has 96 valence electrons. The van der Waals surface area contributed by atoms with Gasteiger partial charge in [-0.3, -0.25) is 10.8 Å². The molecule has 0 atom stereocenters. The molecule has 3 N–H and O–H groups in total. The number of halogens is 2. The normalized spacial score (nSPS) is 11.2. The molecule has 18 heavy (non-hydrogen) atoms. The molecule has 1 aromatic heterocycles. The number of aromatic nitrogens is 1. The highest BCUT2D eigenvalue weighted by Gasteiger charge is 2.11. The molecule has 0 amide bonds. The molecule has 0 aliphatic carbocycles. The molecule has 3 nitrogen and oxygen atoms in total. The summed E-state index contributed by atoms with van der Waals surface area (Å²) < 4.78 is 0. The average Bonchev–Trinajstić information content (AvgIpc) is 2.32. The van der Waals surface area contributed by atoms with Crippen LogP contribution in [0.1, 0.15) is 19.5 Å². The van der Waals surface area contributed by atoms with Crippen molar-refractivity contribution in [2.24, 2.45) is 11.8 Å². The Labute approximate surface area is 116 Å². The van der Waals surface area contributed by atoms with E-state index in [4.69, 9.17) is 29.0 Å². The van der Waals surface area contributed by atoms with E-state index in [0.29, 0.717) is 21.5 Å². The lowest BCUT2D eigenvalue weighted by molar-refractivity contribution is 0.637. The van der Waals surface area contributed by atoms with Gasteiger partial charge in [0.1, 0.15) is 0 Å². The SMILES string of the molecule is CC(C)Cc1cc(NN)c2ccc(Cl)c(Cl)c2n1. The lowest BCUT2D eigenvalue weighted by Gasteiger charge is -2.12. The standard InChI is InChI=1S/C13H15Cl2N3/c1-7(2)5-8-6-11(18-16)9-3-4-10(14)12(15)13(9)17-8/h3-4,6-7H,5,16H2,1-2H3,(H,17,18). The number of hydrazine groups is 1. The summed E-state index contributed by atoms with van der Waals surface area (Å²) in [7, 11) is 0. The van der Waals surface area contributed by atoms with E-state index in [-0.39, 0.29) is 0 Å². The highest BCUT2D eigenvalue weighted by molar-refractivity contribution is 6.45. The van der Waals surface area contributed by atoms with E-state index in [1.165, 1.54) is 0 Å². The van der Waals surface area contributed by atoms with E-state index >= 15 is 0 Å². The van der Waals surface area contributed by atoms with E-state index in [9.17, 15) is 0 Å². The number of hydrogen-bond donors (Lipinski definition) is 2. The van der Waals surface area contributed by atoms with Gasteiger partial charge in [0.2, 0.25) is 0 Å². The van der Waals surface area contributed by atoms with Gasteiger partial charge >= 0.3 is 0 Å². The summed E-state index contributed by atoms with van der Waals surface area (Å²) >= 11 is 12.2. The van der Waals surface area contributed by atoms with Crippen LogP contribution in [0.3, 0.4) is 0 Å². The zero-order chi connectivity index (χ0) is 13.3. The summed E-state index contributed by atoms with van der Waals surface area (Å²) in [5.41, 5.74) is 5.15. The molecule has 0 aliphatic heterocycles. The number of benzene rings is 1. The summed E-state index contributed by atoms with van der Waals surface area (Å²) in [6.45, 7) is 4.28. The number of rotatable bonds is 3. The van der Waals surface area contributed by atoms with E-state index in [1.54, 1.807) is 6.07 Å². The van der Waals surface area contributed by atoms with Crippen molar-refractivity contribution in [3.63, 3.8) is 0 Å². The molecule has 0 radical (unpaired) electrons. The Balaban J connectivity index is 2.68. The Hall–Kier alpha value is -1.03. The van der Waals surface area contributed by atoms with Gasteiger partial charge in [0.15, 0.2) is 0 Å². The van der Waals surface area contributed by atoms with Crippen molar-refractivity contribution in [2.45, 2.75) is 20.3 Å². The summed E-state index contributed by atoms with van der Waals surface area (Å²) in [4.78, 5) is 4.57. The highest BCUT2D eigenvalue weighted by atomic mass is 35.5. The maximum atomic E-state index is 6.20. The minimum Gasteiger partial charge on any atom is -0.323 e. The fourth-order valence-corrected chi connectivity index (χ4v) is 2.29. The van der Waals surface area contributed by atoms with Gasteiger partial charge in [-0.2, -0.15) is 0 Å². The quantitative estimate of drug-likeness (QED) is 0.661. The van der Waals surface area contributed by atoms with Crippen molar-refractivity contribution in [3.05, 3.63) is 33.9 Å². The van der Waals surface area contributed by atoms with Gasteiger partial charge < -0.3 is 5.43 Å². The van der Waals surface area contributed by atoms with Crippen molar-refractivity contribution in [2.75, 3.05) is 5.43 Å². The van der Waals surface area contributed by atoms with E-state index in [2.05, 4.69) is 24.3 Å². The van der Waals surface area contributed by atoms with Crippen molar-refractivity contribution < 1.29 is 0 Å². The summed E-state index contributed by atoms with van der Waals surface area (Å²) in [5.74, 6) is 6.06. The molecule has 0 unspecified atom stereocenters. The number of nitrogens with two attached hydrogens (primary N) is 1. The zero-order valence-electron chi connectivity index (χ0n) is 10.3. The van der Waals surface area contributed by atoms with Gasteiger partial charge in [-0.05, 0) is 30.5 Å². The second-order valence-corrected chi connectivity index (χ2v) is 5.45. The molecule has 0 bridgehead atoms. The first kappa shape index (κ1) is 13.4. The number of nitrogens with zero attached hydrogens (tertiary/aromatic N) is 1. The van der Waals surface area contributed by atoms with Crippen LogP contribution in [0.25, 0.3) is 10.9 Å². The van der Waals surface area contributed by atoms with Gasteiger partial charge in [0, 0.05) is 11.1 Å². The summed E-state index contributed by atoms with van der Waals surface area (Å²) in [5, 5.41) is 1.84. The highest BCUT2D eigenvalue weighted by Crippen LogP contribution is 2.33. The third-order valence-corrected chi connectivity index (χ3v) is 3.49. The minimum absolute atomic E-state index is 0.469. The third kappa shape index (κ3) is 2.53. The van der Waals surface area contributed by atoms with Gasteiger partial charge in [-0.15, -0.1) is 0 Å². The maximum Gasteiger partial charge on any atom is 0.0927 e. The minimum atomic E-state index is 0.469. The first-order valence-electron chi connectivity index (χ1n) is 5.77. The van der Waals surface area contributed by atoms with Crippen LogP contribution < -0.4 is 11.3 Å². The zero-order valence-corrected chi connectivity index (χ0v) is 11.8. The second-order valence-electron chi connectivity index (χ2n) is 4.66. The van der Waals surface area contributed by atoms with Crippen molar-refractivity contribution in [1.82, 2.24) is 4.98 Å². The van der Waals surface area contributed by atoms with Crippen LogP contribution in [-0.4, -0.2) is 4.98 Å². The topological polar surface area (TPSA) is 50.9 Å². The predicted octanol–water partition coefficient (Wildman–Crippen LogP) is 4.03. The van der Waals surface area contributed by atoms with Gasteiger partial charge in [0.05, 0.1) is 21.2 Å². The van der Waals surface area contributed by atoms with Crippen molar-refractivity contribution in [3.8, 4) is 0 Å². The number of nitrogens with one attached hydrogen (secondary N) is 1. The average molecular weight is 284 g/mol. The van der Waals surface area contributed by atoms with Crippen LogP contribution in [0.2, 0.25) is 10.0 Å². The summed E-state index contributed by atoms with van der Waals surface area (Å²) in [6, 6.07) is 5.56. The van der Waals surface area contributed by atoms with Crippen LogP contribution >= 0.6 is 23.2 Å². The smallest absolute Gasteiger partial charge is 0.0927 e. The van der Waals surface area contributed by atoms with Crippen LogP contribution in [0.5, 0.6) is 0 Å². The first-order chi connectivity index (χ1) is 8.52. The van der Waals surface area contributed by atoms with Crippen LogP contribution in [0.4, 0.5) is 5.69 Å². The Morgan fingerprint density at radius 2 is 2.06 bits per heavy atom. The number of anilines is 1. The second kappa shape index (κ2) is 5.31. The summed E-state index contributed by atoms with van der Waals surface area (Å²) in [6.07, 6.45) is 0.869. The molecule has 0 spiro atoms. The van der Waals surface area contributed by atoms with E-state index in [0.717, 1.165) is 23.2 Å². The molecule has 0 saturated heterocycles. The molecule has 2 aromatic rings. The van der Waals surface area contributed by atoms with Gasteiger partial charge in [-0.25, -0.2) is 0 Å². The number of hydrogen-bond acceptors (Lipinski definition) is 3. The molecule has 5 heteroatoms. The van der Waals surface area contributed by atoms with Crippen molar-refractivity contribution >= 4 is 39.8 Å². The van der Waals surface area contributed by atoms with Crippen LogP contribution in [-0.2, 0) is 6.42 Å². The number of nitrogen functional groups attached to an aromatic ring is 1. The Morgan fingerprint density at radius 1 is 1.33 bits per heavy atom. The molecule has 1 aromatic carbocycles. The lowest BCUT2D eigenvalue weighted by atomic mass is 10.1. The molecular formula is C13H15Cl2N3. The maximum absolute atomic E-state index is 6.20. The fraction of sp³-hybridized carbons (Fsp3) is 0.308. The third-order valence-electron chi connectivity index (χ3n) is 2.70.